The molecule has 0 aliphatic carbocycles. The Morgan fingerprint density at radius 3 is 3.00 bits per heavy atom. The van der Waals surface area contributed by atoms with E-state index in [1.54, 1.807) is 7.11 Å². The molecule has 1 fully saturated rings. The van der Waals surface area contributed by atoms with E-state index >= 15 is 0 Å². The van der Waals surface area contributed by atoms with Crippen LogP contribution in [0.4, 0.5) is 0 Å². The van der Waals surface area contributed by atoms with Gasteiger partial charge in [0.1, 0.15) is 0 Å². The lowest BCUT2D eigenvalue weighted by Gasteiger charge is -2.26. The summed E-state index contributed by atoms with van der Waals surface area (Å²) in [5.74, 6) is 0. The third-order valence-corrected chi connectivity index (χ3v) is 2.91. The maximum Gasteiger partial charge on any atom is 0.0616 e. The topological polar surface area (TPSA) is 53.5 Å². The van der Waals surface area contributed by atoms with E-state index in [9.17, 15) is 0 Å². The minimum Gasteiger partial charge on any atom is -0.396 e. The van der Waals surface area contributed by atoms with Crippen molar-refractivity contribution in [2.75, 3.05) is 33.4 Å². The van der Waals surface area contributed by atoms with Crippen LogP contribution in [0.15, 0.2) is 0 Å². The van der Waals surface area contributed by atoms with Gasteiger partial charge in [-0.2, -0.15) is 0 Å². The summed E-state index contributed by atoms with van der Waals surface area (Å²) < 4.78 is 5.10. The lowest BCUT2D eigenvalue weighted by atomic mass is 10.0. The van der Waals surface area contributed by atoms with Crippen LogP contribution in [-0.2, 0) is 4.74 Å². The van der Waals surface area contributed by atoms with Gasteiger partial charge >= 0.3 is 0 Å². The maximum absolute atomic E-state index is 8.89. The molecule has 2 atom stereocenters. The van der Waals surface area contributed by atoms with Crippen molar-refractivity contribution in [2.24, 2.45) is 0 Å². The molecule has 1 rings (SSSR count). The van der Waals surface area contributed by atoms with Crippen LogP contribution in [0.2, 0.25) is 0 Å². The molecule has 4 heteroatoms. The first-order chi connectivity index (χ1) is 7.36. The number of hydrogen-bond donors (Lipinski definition) is 3. The van der Waals surface area contributed by atoms with Gasteiger partial charge in [-0.15, -0.1) is 0 Å². The van der Waals surface area contributed by atoms with Crippen LogP contribution < -0.4 is 10.6 Å². The predicted octanol–water partition coefficient (Wildman–Crippen LogP) is 0.116. The molecule has 1 heterocycles. The van der Waals surface area contributed by atoms with Crippen LogP contribution in [0, 0.1) is 0 Å². The Hall–Kier alpha value is -0.160. The number of aliphatic hydroxyl groups is 1. The van der Waals surface area contributed by atoms with Crippen molar-refractivity contribution in [3.63, 3.8) is 0 Å². The molecule has 15 heavy (non-hydrogen) atoms. The molecule has 0 amide bonds. The van der Waals surface area contributed by atoms with Gasteiger partial charge in [0, 0.05) is 32.3 Å². The largest absolute Gasteiger partial charge is 0.396 e. The van der Waals surface area contributed by atoms with Crippen molar-refractivity contribution in [2.45, 2.75) is 37.8 Å². The van der Waals surface area contributed by atoms with Crippen LogP contribution in [0.1, 0.15) is 25.7 Å². The smallest absolute Gasteiger partial charge is 0.0616 e. The van der Waals surface area contributed by atoms with Gasteiger partial charge in [-0.1, -0.05) is 6.42 Å². The van der Waals surface area contributed by atoms with E-state index in [4.69, 9.17) is 9.84 Å². The molecule has 1 aliphatic rings. The molecule has 90 valence electrons. The van der Waals surface area contributed by atoms with Crippen LogP contribution >= 0.6 is 0 Å². The highest BCUT2D eigenvalue weighted by molar-refractivity contribution is 4.77. The Bertz CT molecular complexity index is 144. The van der Waals surface area contributed by atoms with Gasteiger partial charge in [0.15, 0.2) is 0 Å². The van der Waals surface area contributed by atoms with Gasteiger partial charge in [-0.25, -0.2) is 0 Å². The van der Waals surface area contributed by atoms with Gasteiger partial charge in [0.2, 0.25) is 0 Å². The molecule has 3 N–H and O–H groups in total. The fourth-order valence-corrected chi connectivity index (χ4v) is 2.01. The molecule has 0 spiro atoms. The highest BCUT2D eigenvalue weighted by Gasteiger charge is 2.14. The quantitative estimate of drug-likeness (QED) is 0.565. The minimum atomic E-state index is 0.221. The van der Waals surface area contributed by atoms with Crippen LogP contribution in [0.25, 0.3) is 0 Å². The SMILES string of the molecule is COCC(CCO)NCC1CCCCN1. The van der Waals surface area contributed by atoms with Crippen molar-refractivity contribution in [1.29, 1.82) is 0 Å². The average Bonchev–Trinajstić information content (AvgIpc) is 2.28. The Morgan fingerprint density at radius 2 is 2.40 bits per heavy atom. The zero-order valence-corrected chi connectivity index (χ0v) is 9.67. The molecule has 4 nitrogen and oxygen atoms in total. The number of aliphatic hydroxyl groups excluding tert-OH is 1. The molecule has 0 radical (unpaired) electrons. The molecular formula is C11H24N2O2. The molecule has 2 unspecified atom stereocenters. The number of hydrogen-bond acceptors (Lipinski definition) is 4. The number of ether oxygens (including phenoxy) is 1. The van der Waals surface area contributed by atoms with Gasteiger partial charge in [-0.3, -0.25) is 0 Å². The van der Waals surface area contributed by atoms with Gasteiger partial charge in [0.25, 0.3) is 0 Å². The monoisotopic (exact) mass is 216 g/mol. The lowest BCUT2D eigenvalue weighted by Crippen LogP contribution is -2.46. The van der Waals surface area contributed by atoms with E-state index in [1.807, 2.05) is 0 Å². The molecule has 0 aromatic rings. The predicted molar refractivity (Wildman–Crippen MR) is 61.0 cm³/mol. The van der Waals surface area contributed by atoms with E-state index in [-0.39, 0.29) is 12.6 Å². The first kappa shape index (κ1) is 12.9. The van der Waals surface area contributed by atoms with Crippen molar-refractivity contribution in [3.8, 4) is 0 Å². The third kappa shape index (κ3) is 5.47. The molecule has 0 aromatic carbocycles. The number of methoxy groups -OCH3 is 1. The van der Waals surface area contributed by atoms with Crippen molar-refractivity contribution in [3.05, 3.63) is 0 Å². The van der Waals surface area contributed by atoms with E-state index in [2.05, 4.69) is 10.6 Å². The van der Waals surface area contributed by atoms with E-state index < -0.39 is 0 Å². The molecule has 0 saturated carbocycles. The van der Waals surface area contributed by atoms with Crippen molar-refractivity contribution >= 4 is 0 Å². The third-order valence-electron chi connectivity index (χ3n) is 2.91. The van der Waals surface area contributed by atoms with E-state index in [0.717, 1.165) is 19.5 Å². The number of piperidine rings is 1. The zero-order valence-electron chi connectivity index (χ0n) is 9.67. The van der Waals surface area contributed by atoms with Gasteiger partial charge < -0.3 is 20.5 Å². The molecule has 0 bridgehead atoms. The zero-order chi connectivity index (χ0) is 10.9. The fraction of sp³-hybridized carbons (Fsp3) is 1.00. The number of nitrogens with one attached hydrogen (secondary N) is 2. The molecule has 0 aromatic heterocycles. The van der Waals surface area contributed by atoms with Crippen LogP contribution in [0.5, 0.6) is 0 Å². The van der Waals surface area contributed by atoms with Crippen LogP contribution in [-0.4, -0.2) is 50.6 Å². The van der Waals surface area contributed by atoms with Crippen molar-refractivity contribution < 1.29 is 9.84 Å². The number of rotatable bonds is 7. The summed E-state index contributed by atoms with van der Waals surface area (Å²) in [4.78, 5) is 0. The minimum absolute atomic E-state index is 0.221. The highest BCUT2D eigenvalue weighted by Crippen LogP contribution is 2.06. The Kier molecular flexibility index (Phi) is 6.92. The fourth-order valence-electron chi connectivity index (χ4n) is 2.01. The summed E-state index contributed by atoms with van der Waals surface area (Å²) >= 11 is 0. The maximum atomic E-state index is 8.89. The summed E-state index contributed by atoms with van der Waals surface area (Å²) in [6, 6.07) is 0.875. The van der Waals surface area contributed by atoms with E-state index in [0.29, 0.717) is 12.6 Å². The Balaban J connectivity index is 2.13. The second-order valence-electron chi connectivity index (χ2n) is 4.22. The summed E-state index contributed by atoms with van der Waals surface area (Å²) in [6.07, 6.45) is 4.65. The first-order valence-corrected chi connectivity index (χ1v) is 5.93. The average molecular weight is 216 g/mol. The second kappa shape index (κ2) is 8.05. The standard InChI is InChI=1S/C11H24N2O2/c1-15-9-11(5-7-14)13-8-10-4-2-3-6-12-10/h10-14H,2-9H2,1H3. The van der Waals surface area contributed by atoms with Gasteiger partial charge in [-0.05, 0) is 25.8 Å². The van der Waals surface area contributed by atoms with Crippen LogP contribution in [0.3, 0.4) is 0 Å². The Labute approximate surface area is 92.4 Å². The van der Waals surface area contributed by atoms with Crippen molar-refractivity contribution in [1.82, 2.24) is 10.6 Å². The summed E-state index contributed by atoms with van der Waals surface area (Å²) in [6.45, 7) is 3.02. The normalized spacial score (nSPS) is 24.0. The molecule has 1 aliphatic heterocycles. The second-order valence-corrected chi connectivity index (χ2v) is 4.22. The molecular weight excluding hydrogens is 192 g/mol. The lowest BCUT2D eigenvalue weighted by molar-refractivity contribution is 0.146. The van der Waals surface area contributed by atoms with Gasteiger partial charge in [0.05, 0.1) is 6.61 Å². The highest BCUT2D eigenvalue weighted by atomic mass is 16.5. The Morgan fingerprint density at radius 1 is 1.53 bits per heavy atom. The summed E-state index contributed by atoms with van der Waals surface area (Å²) in [7, 11) is 1.70. The summed E-state index contributed by atoms with van der Waals surface area (Å²) in [5, 5.41) is 15.8. The van der Waals surface area contributed by atoms with E-state index in [1.165, 1.54) is 19.3 Å². The summed E-state index contributed by atoms with van der Waals surface area (Å²) in [5.41, 5.74) is 0. The molecule has 1 saturated heterocycles. The first-order valence-electron chi connectivity index (χ1n) is 5.93.